The van der Waals surface area contributed by atoms with Crippen LogP contribution in [0.3, 0.4) is 0 Å². The van der Waals surface area contributed by atoms with Crippen molar-refractivity contribution in [1.82, 2.24) is 20.3 Å². The van der Waals surface area contributed by atoms with Crippen molar-refractivity contribution in [2.45, 2.75) is 13.3 Å². The molecular formula is C11H11N5O2. The molecule has 7 nitrogen and oxygen atoms in total. The zero-order valence-corrected chi connectivity index (χ0v) is 9.73. The second kappa shape index (κ2) is 3.80. The van der Waals surface area contributed by atoms with Crippen LogP contribution in [0.1, 0.15) is 12.1 Å². The van der Waals surface area contributed by atoms with Crippen LogP contribution in [-0.4, -0.2) is 33.4 Å². The van der Waals surface area contributed by atoms with Crippen LogP contribution in [0.25, 0.3) is 11.2 Å². The lowest BCUT2D eigenvalue weighted by molar-refractivity contribution is -0.120. The molecule has 0 atom stereocenters. The Morgan fingerprint density at radius 3 is 2.94 bits per heavy atom. The third-order valence-corrected chi connectivity index (χ3v) is 2.84. The van der Waals surface area contributed by atoms with Crippen molar-refractivity contribution in [3.05, 3.63) is 18.0 Å². The van der Waals surface area contributed by atoms with Crippen LogP contribution in [0.2, 0.25) is 0 Å². The van der Waals surface area contributed by atoms with Gasteiger partial charge in [0.25, 0.3) is 0 Å². The number of H-pyrrole nitrogens is 1. The number of fused-ring (bicyclic) bond motifs is 1. The minimum Gasteiger partial charge on any atom is -0.345 e. The standard InChI is InChI=1S/C11H11N5O2/c1-6-10(14-7-2-4-12-9(7)13-6)16-5-3-8(17)15-11(16)18/h2,4H,3,5H2,1H3,(H,12,13)(H,15,17,18). The number of aromatic nitrogens is 3. The minimum atomic E-state index is -0.446. The number of aryl methyl sites for hydroxylation is 1. The lowest BCUT2D eigenvalue weighted by atomic mass is 10.3. The van der Waals surface area contributed by atoms with Gasteiger partial charge >= 0.3 is 6.03 Å². The number of anilines is 1. The van der Waals surface area contributed by atoms with E-state index in [-0.39, 0.29) is 12.3 Å². The highest BCUT2D eigenvalue weighted by atomic mass is 16.2. The van der Waals surface area contributed by atoms with Crippen LogP contribution < -0.4 is 10.2 Å². The maximum Gasteiger partial charge on any atom is 0.329 e. The van der Waals surface area contributed by atoms with Crippen LogP contribution in [0, 0.1) is 6.92 Å². The second-order valence-electron chi connectivity index (χ2n) is 4.10. The number of nitrogens with zero attached hydrogens (tertiary/aromatic N) is 3. The van der Waals surface area contributed by atoms with E-state index in [2.05, 4.69) is 20.3 Å². The Balaban J connectivity index is 2.05. The van der Waals surface area contributed by atoms with Crippen LogP contribution in [0.5, 0.6) is 0 Å². The molecule has 0 radical (unpaired) electrons. The molecule has 0 aromatic carbocycles. The van der Waals surface area contributed by atoms with Gasteiger partial charge in [0.05, 0.1) is 5.69 Å². The SMILES string of the molecule is Cc1nc2[nH]ccc2nc1N1CCC(=O)NC1=O. The van der Waals surface area contributed by atoms with Crippen molar-refractivity contribution in [3.8, 4) is 0 Å². The van der Waals surface area contributed by atoms with E-state index >= 15 is 0 Å². The molecule has 1 fully saturated rings. The summed E-state index contributed by atoms with van der Waals surface area (Å²) in [5.41, 5.74) is 2.03. The summed E-state index contributed by atoms with van der Waals surface area (Å²) in [4.78, 5) is 36.0. The molecule has 3 rings (SSSR count). The molecule has 18 heavy (non-hydrogen) atoms. The number of carbonyl (C=O) groups excluding carboxylic acids is 2. The summed E-state index contributed by atoms with van der Waals surface area (Å²) in [5.74, 6) is 0.233. The van der Waals surface area contributed by atoms with Crippen molar-refractivity contribution in [2.75, 3.05) is 11.4 Å². The quantitative estimate of drug-likeness (QED) is 0.774. The molecule has 0 unspecified atom stereocenters. The largest absolute Gasteiger partial charge is 0.345 e. The molecule has 92 valence electrons. The van der Waals surface area contributed by atoms with Gasteiger partial charge in [-0.05, 0) is 13.0 Å². The van der Waals surface area contributed by atoms with Crippen molar-refractivity contribution >= 4 is 28.9 Å². The van der Waals surface area contributed by atoms with E-state index in [1.165, 1.54) is 4.90 Å². The Labute approximate surface area is 102 Å². The number of urea groups is 1. The number of hydrogen-bond donors (Lipinski definition) is 2. The van der Waals surface area contributed by atoms with Gasteiger partial charge in [-0.3, -0.25) is 15.0 Å². The van der Waals surface area contributed by atoms with Gasteiger partial charge in [-0.1, -0.05) is 0 Å². The van der Waals surface area contributed by atoms with E-state index in [1.807, 2.05) is 0 Å². The molecular weight excluding hydrogens is 234 g/mol. The van der Waals surface area contributed by atoms with Crippen molar-refractivity contribution in [1.29, 1.82) is 0 Å². The Morgan fingerprint density at radius 1 is 1.33 bits per heavy atom. The van der Waals surface area contributed by atoms with E-state index in [0.29, 0.717) is 29.2 Å². The molecule has 0 spiro atoms. The Bertz CT molecular complexity index is 648. The van der Waals surface area contributed by atoms with Crippen LogP contribution in [0.4, 0.5) is 10.6 Å². The van der Waals surface area contributed by atoms with Crippen molar-refractivity contribution in [2.24, 2.45) is 0 Å². The second-order valence-corrected chi connectivity index (χ2v) is 4.10. The fourth-order valence-electron chi connectivity index (χ4n) is 1.97. The van der Waals surface area contributed by atoms with Crippen molar-refractivity contribution in [3.63, 3.8) is 0 Å². The van der Waals surface area contributed by atoms with Gasteiger partial charge in [0.15, 0.2) is 11.5 Å². The smallest absolute Gasteiger partial charge is 0.329 e. The van der Waals surface area contributed by atoms with E-state index in [4.69, 9.17) is 0 Å². The topological polar surface area (TPSA) is 91.0 Å². The molecule has 3 heterocycles. The number of amides is 3. The molecule has 0 aliphatic carbocycles. The van der Waals surface area contributed by atoms with E-state index in [0.717, 1.165) is 0 Å². The number of hydrogen-bond acceptors (Lipinski definition) is 4. The number of rotatable bonds is 1. The first-order valence-corrected chi connectivity index (χ1v) is 5.58. The zero-order chi connectivity index (χ0) is 12.7. The summed E-state index contributed by atoms with van der Waals surface area (Å²) >= 11 is 0. The molecule has 0 saturated carbocycles. The van der Waals surface area contributed by atoms with E-state index < -0.39 is 6.03 Å². The van der Waals surface area contributed by atoms with E-state index in [9.17, 15) is 9.59 Å². The molecule has 7 heteroatoms. The molecule has 3 amide bonds. The van der Waals surface area contributed by atoms with Gasteiger partial charge in [-0.2, -0.15) is 0 Å². The summed E-state index contributed by atoms with van der Waals surface area (Å²) in [6.45, 7) is 2.11. The van der Waals surface area contributed by atoms with Gasteiger partial charge in [-0.25, -0.2) is 14.8 Å². The number of imide groups is 1. The summed E-state index contributed by atoms with van der Waals surface area (Å²) in [5, 5.41) is 2.27. The molecule has 1 saturated heterocycles. The number of carbonyl (C=O) groups is 2. The third-order valence-electron chi connectivity index (χ3n) is 2.84. The van der Waals surface area contributed by atoms with Gasteiger partial charge in [-0.15, -0.1) is 0 Å². The third kappa shape index (κ3) is 1.60. The Hall–Kier alpha value is -2.44. The number of nitrogens with one attached hydrogen (secondary N) is 2. The maximum atomic E-state index is 11.8. The monoisotopic (exact) mass is 245 g/mol. The van der Waals surface area contributed by atoms with Crippen molar-refractivity contribution < 1.29 is 9.59 Å². The lowest BCUT2D eigenvalue weighted by Crippen LogP contribution is -2.50. The van der Waals surface area contributed by atoms with Crippen LogP contribution in [-0.2, 0) is 4.79 Å². The highest BCUT2D eigenvalue weighted by Gasteiger charge is 2.27. The molecule has 1 aliphatic rings. The van der Waals surface area contributed by atoms with Crippen LogP contribution in [0.15, 0.2) is 12.3 Å². The highest BCUT2D eigenvalue weighted by Crippen LogP contribution is 2.20. The summed E-state index contributed by atoms with van der Waals surface area (Å²) in [6.07, 6.45) is 2.02. The Morgan fingerprint density at radius 2 is 2.17 bits per heavy atom. The molecule has 2 N–H and O–H groups in total. The highest BCUT2D eigenvalue weighted by molar-refractivity contribution is 6.05. The first kappa shape index (κ1) is 10.7. The molecule has 2 aromatic rings. The Kier molecular flexibility index (Phi) is 2.26. The van der Waals surface area contributed by atoms with Gasteiger partial charge in [0.2, 0.25) is 5.91 Å². The average molecular weight is 245 g/mol. The maximum absolute atomic E-state index is 11.8. The first-order valence-electron chi connectivity index (χ1n) is 5.58. The van der Waals surface area contributed by atoms with E-state index in [1.54, 1.807) is 19.2 Å². The zero-order valence-electron chi connectivity index (χ0n) is 9.73. The van der Waals surface area contributed by atoms with Gasteiger partial charge < -0.3 is 4.98 Å². The fourth-order valence-corrected chi connectivity index (χ4v) is 1.97. The molecule has 1 aliphatic heterocycles. The fraction of sp³-hybridized carbons (Fsp3) is 0.273. The predicted molar refractivity (Wildman–Crippen MR) is 64.1 cm³/mol. The first-order chi connectivity index (χ1) is 8.65. The summed E-state index contributed by atoms with van der Waals surface area (Å²) in [6, 6.07) is 1.34. The summed E-state index contributed by atoms with van der Waals surface area (Å²) < 4.78 is 0. The van der Waals surface area contributed by atoms with Crippen LogP contribution >= 0.6 is 0 Å². The average Bonchev–Trinajstić information content (AvgIpc) is 2.75. The minimum absolute atomic E-state index is 0.260. The molecule has 2 aromatic heterocycles. The van der Waals surface area contributed by atoms with Gasteiger partial charge in [0.1, 0.15) is 5.52 Å². The summed E-state index contributed by atoms with van der Waals surface area (Å²) in [7, 11) is 0. The number of aromatic amines is 1. The predicted octanol–water partition coefficient (Wildman–Crippen LogP) is 0.713. The normalized spacial score (nSPS) is 16.2. The lowest BCUT2D eigenvalue weighted by Gasteiger charge is -2.26. The molecule has 0 bridgehead atoms. The van der Waals surface area contributed by atoms with Gasteiger partial charge in [0, 0.05) is 19.2 Å².